The second-order valence-electron chi connectivity index (χ2n) is 5.97. The number of esters is 1. The second-order valence-corrected chi connectivity index (χ2v) is 7.67. The Bertz CT molecular complexity index is 915. The molecule has 0 spiro atoms. The number of benzene rings is 1. The fourth-order valence-electron chi connectivity index (χ4n) is 2.26. The van der Waals surface area contributed by atoms with Crippen LogP contribution in [0.15, 0.2) is 33.7 Å². The van der Waals surface area contributed by atoms with Gasteiger partial charge in [0.1, 0.15) is 17.1 Å². The van der Waals surface area contributed by atoms with Gasteiger partial charge in [0.05, 0.1) is 0 Å². The van der Waals surface area contributed by atoms with Crippen LogP contribution in [0.4, 0.5) is 5.69 Å². The van der Waals surface area contributed by atoms with Gasteiger partial charge < -0.3 is 14.6 Å². The molecule has 0 aliphatic rings. The van der Waals surface area contributed by atoms with Crippen LogP contribution in [0, 0.1) is 20.8 Å². The number of hydrogen-bond acceptors (Lipinski definition) is 7. The van der Waals surface area contributed by atoms with E-state index in [9.17, 15) is 18.0 Å². The van der Waals surface area contributed by atoms with Crippen LogP contribution in [0.3, 0.4) is 0 Å². The number of rotatable bonds is 7. The van der Waals surface area contributed by atoms with E-state index in [-0.39, 0.29) is 16.3 Å². The highest BCUT2D eigenvalue weighted by Crippen LogP contribution is 2.18. The molecule has 0 fully saturated rings. The first-order chi connectivity index (χ1) is 12.6. The highest BCUT2D eigenvalue weighted by atomic mass is 32.2. The van der Waals surface area contributed by atoms with Gasteiger partial charge in [-0.15, -0.1) is 0 Å². The van der Waals surface area contributed by atoms with Crippen molar-refractivity contribution < 1.29 is 27.3 Å². The van der Waals surface area contributed by atoms with E-state index in [4.69, 9.17) is 9.26 Å². The Morgan fingerprint density at radius 1 is 1.19 bits per heavy atom. The lowest BCUT2D eigenvalue weighted by atomic mass is 10.2. The van der Waals surface area contributed by atoms with E-state index in [2.05, 4.69) is 15.2 Å². The number of hydrogen-bond donors (Lipinski definition) is 2. The number of nitrogens with one attached hydrogen (secondary N) is 2. The summed E-state index contributed by atoms with van der Waals surface area (Å²) in [4.78, 5) is 23.8. The summed E-state index contributed by atoms with van der Waals surface area (Å²) in [5.74, 6) is -1.31. The molecule has 2 rings (SSSR count). The largest absolute Gasteiger partial charge is 0.452 e. The molecule has 1 amide bonds. The van der Waals surface area contributed by atoms with Crippen molar-refractivity contribution in [2.45, 2.75) is 38.7 Å². The summed E-state index contributed by atoms with van der Waals surface area (Å²) >= 11 is 0. The molecular weight excluding hydrogens is 374 g/mol. The lowest BCUT2D eigenvalue weighted by Gasteiger charge is -2.14. The molecule has 2 N–H and O–H groups in total. The fourth-order valence-corrected chi connectivity index (χ4v) is 3.55. The van der Waals surface area contributed by atoms with E-state index in [0.29, 0.717) is 5.69 Å². The molecule has 10 heteroatoms. The van der Waals surface area contributed by atoms with E-state index in [0.717, 1.165) is 5.56 Å². The molecule has 0 aliphatic carbocycles. The first-order valence-electron chi connectivity index (χ1n) is 8.09. The van der Waals surface area contributed by atoms with Gasteiger partial charge in [0.2, 0.25) is 10.0 Å². The minimum Gasteiger partial charge on any atom is -0.452 e. The van der Waals surface area contributed by atoms with Crippen LogP contribution in [0.2, 0.25) is 0 Å². The Kier molecular flexibility index (Phi) is 6.34. The smallest absolute Gasteiger partial charge is 0.321 e. The monoisotopic (exact) mass is 395 g/mol. The van der Waals surface area contributed by atoms with Gasteiger partial charge in [0, 0.05) is 5.69 Å². The zero-order valence-electron chi connectivity index (χ0n) is 15.4. The molecule has 27 heavy (non-hydrogen) atoms. The number of ether oxygens (including phenoxy) is 1. The molecule has 0 saturated carbocycles. The number of sulfonamides is 1. The second kappa shape index (κ2) is 8.31. The summed E-state index contributed by atoms with van der Waals surface area (Å²) in [5, 5.41) is 6.17. The third-order valence-electron chi connectivity index (χ3n) is 3.64. The number of aryl methyl sites for hydroxylation is 3. The maximum absolute atomic E-state index is 12.2. The van der Waals surface area contributed by atoms with Gasteiger partial charge in [-0.25, -0.2) is 8.42 Å². The van der Waals surface area contributed by atoms with Crippen molar-refractivity contribution in [3.63, 3.8) is 0 Å². The molecular formula is C17H21N3O6S. The van der Waals surface area contributed by atoms with Crippen LogP contribution in [0.25, 0.3) is 0 Å². The van der Waals surface area contributed by atoms with Gasteiger partial charge in [-0.3, -0.25) is 9.59 Å². The van der Waals surface area contributed by atoms with E-state index in [1.165, 1.54) is 20.8 Å². The maximum Gasteiger partial charge on any atom is 0.321 e. The summed E-state index contributed by atoms with van der Waals surface area (Å²) in [6, 6.07) is 7.10. The Morgan fingerprint density at radius 3 is 2.37 bits per heavy atom. The van der Waals surface area contributed by atoms with E-state index >= 15 is 0 Å². The fraction of sp³-hybridized carbons (Fsp3) is 0.353. The van der Waals surface area contributed by atoms with Gasteiger partial charge in [0.25, 0.3) is 5.91 Å². The SMILES string of the molecule is Cc1ccc(NC(=O)[C@@H](C)OC(=O)CNS(=O)(=O)c2c(C)noc2C)cc1. The molecule has 146 valence electrons. The van der Waals surface area contributed by atoms with Crippen LogP contribution in [-0.2, 0) is 24.3 Å². The highest BCUT2D eigenvalue weighted by Gasteiger charge is 2.26. The predicted molar refractivity (Wildman–Crippen MR) is 96.5 cm³/mol. The Morgan fingerprint density at radius 2 is 1.81 bits per heavy atom. The van der Waals surface area contributed by atoms with Gasteiger partial charge in [-0.2, -0.15) is 4.72 Å². The zero-order valence-corrected chi connectivity index (χ0v) is 16.2. The molecule has 0 radical (unpaired) electrons. The molecule has 1 aromatic carbocycles. The average Bonchev–Trinajstić information content (AvgIpc) is 2.94. The van der Waals surface area contributed by atoms with Crippen LogP contribution in [0.5, 0.6) is 0 Å². The minimum atomic E-state index is -3.99. The molecule has 0 unspecified atom stereocenters. The van der Waals surface area contributed by atoms with E-state index < -0.39 is 34.5 Å². The standard InChI is InChI=1S/C17H21N3O6S/c1-10-5-7-14(8-6-10)19-17(22)13(4)25-15(21)9-18-27(23,24)16-11(2)20-26-12(16)3/h5-8,13,18H,9H2,1-4H3,(H,19,22)/t13-/m1/s1. The van der Waals surface area contributed by atoms with Gasteiger partial charge in [0.15, 0.2) is 11.9 Å². The highest BCUT2D eigenvalue weighted by molar-refractivity contribution is 7.89. The van der Waals surface area contributed by atoms with Crippen LogP contribution in [-0.4, -0.2) is 38.1 Å². The van der Waals surface area contributed by atoms with Crippen molar-refractivity contribution in [2.24, 2.45) is 0 Å². The van der Waals surface area contributed by atoms with Crippen LogP contribution < -0.4 is 10.0 Å². The van der Waals surface area contributed by atoms with Crippen LogP contribution >= 0.6 is 0 Å². The van der Waals surface area contributed by atoms with Crippen molar-refractivity contribution in [3.05, 3.63) is 41.3 Å². The molecule has 1 atom stereocenters. The number of nitrogens with zero attached hydrogens (tertiary/aromatic N) is 1. The van der Waals surface area contributed by atoms with Crippen molar-refractivity contribution in [2.75, 3.05) is 11.9 Å². The third kappa shape index (κ3) is 5.38. The molecule has 0 saturated heterocycles. The van der Waals surface area contributed by atoms with Crippen LogP contribution in [0.1, 0.15) is 23.9 Å². The molecule has 0 aliphatic heterocycles. The minimum absolute atomic E-state index is 0.110. The summed E-state index contributed by atoms with van der Waals surface area (Å²) < 4.78 is 36.3. The van der Waals surface area contributed by atoms with E-state index in [1.54, 1.807) is 12.1 Å². The van der Waals surface area contributed by atoms with Crippen molar-refractivity contribution in [3.8, 4) is 0 Å². The van der Waals surface area contributed by atoms with Gasteiger partial charge in [-0.05, 0) is 39.8 Å². The Balaban J connectivity index is 1.89. The predicted octanol–water partition coefficient (Wildman–Crippen LogP) is 1.45. The average molecular weight is 395 g/mol. The van der Waals surface area contributed by atoms with Gasteiger partial charge >= 0.3 is 5.97 Å². The zero-order chi connectivity index (χ0) is 20.2. The molecule has 0 bridgehead atoms. The lowest BCUT2D eigenvalue weighted by molar-refractivity contribution is -0.151. The molecule has 9 nitrogen and oxygen atoms in total. The molecule has 1 aromatic heterocycles. The summed E-state index contributed by atoms with van der Waals surface area (Å²) in [5.41, 5.74) is 1.78. The van der Waals surface area contributed by atoms with Crippen molar-refractivity contribution in [1.82, 2.24) is 9.88 Å². The Hall–Kier alpha value is -2.72. The summed E-state index contributed by atoms with van der Waals surface area (Å²) in [6.45, 7) is 5.60. The normalized spacial score (nSPS) is 12.4. The Labute approximate surface area is 157 Å². The van der Waals surface area contributed by atoms with E-state index in [1.807, 2.05) is 19.1 Å². The van der Waals surface area contributed by atoms with Crippen molar-refractivity contribution >= 4 is 27.6 Å². The molecule has 1 heterocycles. The number of aromatic nitrogens is 1. The third-order valence-corrected chi connectivity index (χ3v) is 5.28. The van der Waals surface area contributed by atoms with Crippen molar-refractivity contribution in [1.29, 1.82) is 0 Å². The topological polar surface area (TPSA) is 128 Å². The molecule has 2 aromatic rings. The first kappa shape index (κ1) is 20.6. The number of carbonyl (C=O) groups is 2. The maximum atomic E-state index is 12.2. The summed E-state index contributed by atoms with van der Waals surface area (Å²) in [6.07, 6.45) is -1.10. The number of anilines is 1. The number of amides is 1. The quantitative estimate of drug-likeness (QED) is 0.679. The lowest BCUT2D eigenvalue weighted by Crippen LogP contribution is -2.36. The summed E-state index contributed by atoms with van der Waals surface area (Å²) in [7, 11) is -3.99. The first-order valence-corrected chi connectivity index (χ1v) is 9.58. The van der Waals surface area contributed by atoms with Gasteiger partial charge in [-0.1, -0.05) is 22.9 Å². The number of carbonyl (C=O) groups excluding carboxylic acids is 2.